The van der Waals surface area contributed by atoms with Gasteiger partial charge in [-0.3, -0.25) is 9.48 Å². The number of aryl methyl sites for hydroxylation is 1. The van der Waals surface area contributed by atoms with E-state index in [2.05, 4.69) is 15.2 Å². The molecule has 3 rings (SSSR count). The van der Waals surface area contributed by atoms with Crippen molar-refractivity contribution in [2.24, 2.45) is 0 Å². The summed E-state index contributed by atoms with van der Waals surface area (Å²) in [6.45, 7) is 5.45. The highest BCUT2D eigenvalue weighted by atomic mass is 16.2. The van der Waals surface area contributed by atoms with Gasteiger partial charge in [0.05, 0.1) is 18.8 Å². The average Bonchev–Trinajstić information content (AvgIpc) is 3.19. The molecule has 3 heterocycles. The van der Waals surface area contributed by atoms with Crippen molar-refractivity contribution in [2.75, 3.05) is 6.54 Å². The molecule has 0 radical (unpaired) electrons. The lowest BCUT2D eigenvalue weighted by molar-refractivity contribution is -0.135. The van der Waals surface area contributed by atoms with Crippen molar-refractivity contribution in [3.8, 4) is 0 Å². The predicted molar refractivity (Wildman–Crippen MR) is 76.4 cm³/mol. The van der Waals surface area contributed by atoms with Gasteiger partial charge in [-0.15, -0.1) is 0 Å². The number of carbonyl (C=O) groups excluding carboxylic acids is 1. The van der Waals surface area contributed by atoms with Gasteiger partial charge in [-0.2, -0.15) is 10.2 Å². The SMILES string of the molecule is Cc1cnn(C[C@@H]2CCCN2C(=O)[C@@H](C)n2cncn2)c1. The minimum absolute atomic E-state index is 0.104. The van der Waals surface area contributed by atoms with Crippen LogP contribution in [-0.4, -0.2) is 47.9 Å². The third kappa shape index (κ3) is 2.81. The molecule has 21 heavy (non-hydrogen) atoms. The number of carbonyl (C=O) groups is 1. The first-order valence-corrected chi connectivity index (χ1v) is 7.29. The minimum Gasteiger partial charge on any atom is -0.336 e. The molecule has 2 atom stereocenters. The summed E-state index contributed by atoms with van der Waals surface area (Å²) in [5, 5.41) is 8.38. The molecule has 7 nitrogen and oxygen atoms in total. The van der Waals surface area contributed by atoms with Gasteiger partial charge in [0.2, 0.25) is 5.91 Å². The number of aromatic nitrogens is 5. The maximum atomic E-state index is 12.7. The summed E-state index contributed by atoms with van der Waals surface area (Å²) in [7, 11) is 0. The standard InChI is InChI=1S/C14H20N6O/c1-11-6-16-18(7-11)8-13-4-3-5-19(13)14(21)12(2)20-10-15-9-17-20/h6-7,9-10,12-13H,3-5,8H2,1-2H3/t12-,13+/m1/s1. The van der Waals surface area contributed by atoms with E-state index in [1.165, 1.54) is 6.33 Å². The highest BCUT2D eigenvalue weighted by Crippen LogP contribution is 2.22. The van der Waals surface area contributed by atoms with Crippen LogP contribution < -0.4 is 0 Å². The van der Waals surface area contributed by atoms with Crippen LogP contribution in [0.1, 0.15) is 31.4 Å². The van der Waals surface area contributed by atoms with Gasteiger partial charge < -0.3 is 4.90 Å². The maximum absolute atomic E-state index is 12.7. The molecular weight excluding hydrogens is 268 g/mol. The second-order valence-corrected chi connectivity index (χ2v) is 5.62. The summed E-state index contributed by atoms with van der Waals surface area (Å²) in [5.74, 6) is 0.104. The van der Waals surface area contributed by atoms with Crippen LogP contribution in [0.25, 0.3) is 0 Å². The van der Waals surface area contributed by atoms with E-state index in [-0.39, 0.29) is 18.0 Å². The molecule has 0 unspecified atom stereocenters. The Bertz CT molecular complexity index is 605. The molecule has 0 aromatic carbocycles. The van der Waals surface area contributed by atoms with E-state index in [9.17, 15) is 4.79 Å². The zero-order valence-electron chi connectivity index (χ0n) is 12.4. The second-order valence-electron chi connectivity index (χ2n) is 5.62. The predicted octanol–water partition coefficient (Wildman–Crippen LogP) is 1.04. The van der Waals surface area contributed by atoms with E-state index >= 15 is 0 Å². The van der Waals surface area contributed by atoms with Crippen LogP contribution in [-0.2, 0) is 11.3 Å². The molecule has 1 fully saturated rings. The van der Waals surface area contributed by atoms with Gasteiger partial charge in [-0.1, -0.05) is 0 Å². The lowest BCUT2D eigenvalue weighted by Crippen LogP contribution is -2.41. The van der Waals surface area contributed by atoms with Crippen molar-refractivity contribution >= 4 is 5.91 Å². The molecule has 1 amide bonds. The van der Waals surface area contributed by atoms with Gasteiger partial charge in [0.15, 0.2) is 0 Å². The lowest BCUT2D eigenvalue weighted by atomic mass is 10.2. The molecule has 1 aliphatic heterocycles. The molecule has 0 N–H and O–H groups in total. The van der Waals surface area contributed by atoms with Crippen molar-refractivity contribution in [1.82, 2.24) is 29.4 Å². The second kappa shape index (κ2) is 5.67. The Hall–Kier alpha value is -2.18. The monoisotopic (exact) mass is 288 g/mol. The van der Waals surface area contributed by atoms with Gasteiger partial charge in [0.25, 0.3) is 0 Å². The molecule has 0 saturated carbocycles. The third-order valence-electron chi connectivity index (χ3n) is 4.01. The number of likely N-dealkylation sites (tertiary alicyclic amines) is 1. The van der Waals surface area contributed by atoms with Crippen LogP contribution in [0.15, 0.2) is 25.0 Å². The molecule has 1 saturated heterocycles. The van der Waals surface area contributed by atoms with Crippen LogP contribution in [0, 0.1) is 6.92 Å². The molecule has 2 aromatic heterocycles. The Morgan fingerprint density at radius 2 is 2.33 bits per heavy atom. The van der Waals surface area contributed by atoms with E-state index in [1.54, 1.807) is 11.0 Å². The Morgan fingerprint density at radius 3 is 3.00 bits per heavy atom. The summed E-state index contributed by atoms with van der Waals surface area (Å²) >= 11 is 0. The molecule has 0 spiro atoms. The fourth-order valence-electron chi connectivity index (χ4n) is 2.87. The maximum Gasteiger partial charge on any atom is 0.247 e. The topological polar surface area (TPSA) is 68.8 Å². The number of amides is 1. The van der Waals surface area contributed by atoms with E-state index in [4.69, 9.17) is 0 Å². The number of hydrogen-bond donors (Lipinski definition) is 0. The van der Waals surface area contributed by atoms with E-state index in [1.807, 2.05) is 35.8 Å². The fraction of sp³-hybridized carbons (Fsp3) is 0.571. The first kappa shape index (κ1) is 13.8. The van der Waals surface area contributed by atoms with Crippen molar-refractivity contribution in [2.45, 2.75) is 45.3 Å². The Morgan fingerprint density at radius 1 is 1.48 bits per heavy atom. The van der Waals surface area contributed by atoms with Gasteiger partial charge >= 0.3 is 0 Å². The van der Waals surface area contributed by atoms with Crippen molar-refractivity contribution < 1.29 is 4.79 Å². The summed E-state index contributed by atoms with van der Waals surface area (Å²) in [4.78, 5) is 18.5. The van der Waals surface area contributed by atoms with Gasteiger partial charge in [-0.25, -0.2) is 9.67 Å². The van der Waals surface area contributed by atoms with Gasteiger partial charge in [-0.05, 0) is 32.3 Å². The summed E-state index contributed by atoms with van der Waals surface area (Å²) in [6.07, 6.45) is 8.97. The first-order chi connectivity index (χ1) is 10.1. The summed E-state index contributed by atoms with van der Waals surface area (Å²) < 4.78 is 3.53. The lowest BCUT2D eigenvalue weighted by Gasteiger charge is -2.27. The molecule has 0 bridgehead atoms. The molecule has 2 aromatic rings. The van der Waals surface area contributed by atoms with Crippen molar-refractivity contribution in [3.05, 3.63) is 30.6 Å². The zero-order chi connectivity index (χ0) is 14.8. The van der Waals surface area contributed by atoms with Gasteiger partial charge in [0, 0.05) is 12.7 Å². The molecular formula is C14H20N6O. The van der Waals surface area contributed by atoms with E-state index < -0.39 is 0 Å². The smallest absolute Gasteiger partial charge is 0.247 e. The molecule has 7 heteroatoms. The zero-order valence-corrected chi connectivity index (χ0v) is 12.4. The largest absolute Gasteiger partial charge is 0.336 e. The Balaban J connectivity index is 1.70. The van der Waals surface area contributed by atoms with Gasteiger partial charge in [0.1, 0.15) is 18.7 Å². The van der Waals surface area contributed by atoms with Crippen molar-refractivity contribution in [1.29, 1.82) is 0 Å². The molecule has 1 aliphatic rings. The number of nitrogens with zero attached hydrogens (tertiary/aromatic N) is 6. The van der Waals surface area contributed by atoms with E-state index in [0.717, 1.165) is 31.5 Å². The highest BCUT2D eigenvalue weighted by Gasteiger charge is 2.32. The van der Waals surface area contributed by atoms with E-state index in [0.29, 0.717) is 0 Å². The first-order valence-electron chi connectivity index (χ1n) is 7.29. The Kier molecular flexibility index (Phi) is 3.72. The normalized spacial score (nSPS) is 19.9. The molecule has 112 valence electrons. The van der Waals surface area contributed by atoms with Crippen molar-refractivity contribution in [3.63, 3.8) is 0 Å². The Labute approximate surface area is 123 Å². The quantitative estimate of drug-likeness (QED) is 0.843. The van der Waals surface area contributed by atoms with Crippen LogP contribution in [0.3, 0.4) is 0 Å². The summed E-state index contributed by atoms with van der Waals surface area (Å²) in [5.41, 5.74) is 1.14. The highest BCUT2D eigenvalue weighted by molar-refractivity contribution is 5.80. The van der Waals surface area contributed by atoms with Crippen LogP contribution >= 0.6 is 0 Å². The van der Waals surface area contributed by atoms with Crippen LogP contribution in [0.2, 0.25) is 0 Å². The minimum atomic E-state index is -0.313. The summed E-state index contributed by atoms with van der Waals surface area (Å²) in [6, 6.07) is -0.102. The number of rotatable bonds is 4. The molecule has 0 aliphatic carbocycles. The van der Waals surface area contributed by atoms with Crippen LogP contribution in [0.5, 0.6) is 0 Å². The number of hydrogen-bond acceptors (Lipinski definition) is 4. The fourth-order valence-corrected chi connectivity index (χ4v) is 2.87. The average molecular weight is 288 g/mol. The third-order valence-corrected chi connectivity index (χ3v) is 4.01. The van der Waals surface area contributed by atoms with Crippen LogP contribution in [0.4, 0.5) is 0 Å².